The summed E-state index contributed by atoms with van der Waals surface area (Å²) in [7, 11) is -1.84. The van der Waals surface area contributed by atoms with Crippen LogP contribution in [0.3, 0.4) is 0 Å². The molecule has 0 aliphatic carbocycles. The van der Waals surface area contributed by atoms with Crippen LogP contribution in [-0.4, -0.2) is 69.2 Å². The van der Waals surface area contributed by atoms with Gasteiger partial charge in [0.05, 0.1) is 37.7 Å². The number of rotatable bonds is 4. The number of hydrogen-bond acceptors (Lipinski definition) is 5. The second-order valence-electron chi connectivity index (χ2n) is 4.70. The second-order valence-corrected chi connectivity index (χ2v) is 6.77. The molecule has 2 saturated heterocycles. The smallest absolute Gasteiger partial charge is 0.214 e. The van der Waals surface area contributed by atoms with Gasteiger partial charge in [0.1, 0.15) is 0 Å². The maximum absolute atomic E-state index is 12.1. The Labute approximate surface area is 102 Å². The molecule has 0 radical (unpaired) electrons. The van der Waals surface area contributed by atoms with Crippen LogP contribution in [0.4, 0.5) is 0 Å². The Morgan fingerprint density at radius 1 is 1.29 bits per heavy atom. The van der Waals surface area contributed by atoms with E-state index in [1.54, 1.807) is 0 Å². The van der Waals surface area contributed by atoms with Crippen LogP contribution in [0.1, 0.15) is 6.42 Å². The summed E-state index contributed by atoms with van der Waals surface area (Å²) in [5.41, 5.74) is 0. The van der Waals surface area contributed by atoms with E-state index in [0.29, 0.717) is 13.2 Å². The molecule has 17 heavy (non-hydrogen) atoms. The van der Waals surface area contributed by atoms with Crippen LogP contribution in [0.5, 0.6) is 0 Å². The molecule has 0 spiro atoms. The van der Waals surface area contributed by atoms with E-state index in [1.807, 2.05) is 0 Å². The van der Waals surface area contributed by atoms with Gasteiger partial charge in [-0.15, -0.1) is 0 Å². The summed E-state index contributed by atoms with van der Waals surface area (Å²) in [6, 6.07) is -0.456. The van der Waals surface area contributed by atoms with Crippen molar-refractivity contribution in [1.82, 2.24) is 4.31 Å². The van der Waals surface area contributed by atoms with Crippen molar-refractivity contribution in [3.05, 3.63) is 0 Å². The zero-order chi connectivity index (χ0) is 12.5. The number of likely N-dealkylation sites (N-methyl/N-ethyl adjacent to an activating group) is 1. The summed E-state index contributed by atoms with van der Waals surface area (Å²) in [6.45, 7) is 1.62. The molecule has 0 bridgehead atoms. The van der Waals surface area contributed by atoms with E-state index in [4.69, 9.17) is 9.47 Å². The Morgan fingerprint density at radius 2 is 2.06 bits per heavy atom. The molecule has 0 aromatic heterocycles. The van der Waals surface area contributed by atoms with Crippen LogP contribution in [-0.2, 0) is 19.5 Å². The molecule has 0 aromatic rings. The molecule has 2 rings (SSSR count). The average Bonchev–Trinajstić information content (AvgIpc) is 2.88. The molecule has 6 nitrogen and oxygen atoms in total. The Balaban J connectivity index is 1.98. The molecule has 2 aliphatic heterocycles. The van der Waals surface area contributed by atoms with E-state index in [-0.39, 0.29) is 24.9 Å². The molecule has 2 heterocycles. The van der Waals surface area contributed by atoms with Crippen LogP contribution >= 0.6 is 0 Å². The lowest BCUT2D eigenvalue weighted by Crippen LogP contribution is -2.45. The third kappa shape index (κ3) is 2.97. The van der Waals surface area contributed by atoms with Crippen LogP contribution in [0.2, 0.25) is 0 Å². The van der Waals surface area contributed by atoms with Crippen LogP contribution in [0.25, 0.3) is 0 Å². The summed E-state index contributed by atoms with van der Waals surface area (Å²) in [5, 5.41) is 9.63. The van der Waals surface area contributed by atoms with Crippen molar-refractivity contribution in [3.63, 3.8) is 0 Å². The summed E-state index contributed by atoms with van der Waals surface area (Å²) >= 11 is 0. The molecular formula is C10H19NO5S. The van der Waals surface area contributed by atoms with Crippen LogP contribution in [0.15, 0.2) is 0 Å². The largest absolute Gasteiger partial charge is 0.389 e. The normalized spacial score (nSPS) is 34.6. The fourth-order valence-corrected chi connectivity index (χ4v) is 3.92. The highest BCUT2D eigenvalue weighted by Gasteiger charge is 2.37. The number of aliphatic hydroxyl groups excluding tert-OH is 1. The van der Waals surface area contributed by atoms with Crippen molar-refractivity contribution < 1.29 is 23.0 Å². The summed E-state index contributed by atoms with van der Waals surface area (Å²) in [4.78, 5) is 0. The molecule has 2 fully saturated rings. The molecule has 7 heteroatoms. The summed E-state index contributed by atoms with van der Waals surface area (Å²) in [5.74, 6) is 0.161. The maximum Gasteiger partial charge on any atom is 0.214 e. The van der Waals surface area contributed by atoms with Crippen molar-refractivity contribution in [2.24, 2.45) is 5.92 Å². The lowest BCUT2D eigenvalue weighted by molar-refractivity contribution is 0.115. The zero-order valence-corrected chi connectivity index (χ0v) is 10.7. The first kappa shape index (κ1) is 13.2. The fourth-order valence-electron chi connectivity index (χ4n) is 2.22. The highest BCUT2D eigenvalue weighted by atomic mass is 32.2. The topological polar surface area (TPSA) is 76.1 Å². The first-order valence-electron chi connectivity index (χ1n) is 5.80. The monoisotopic (exact) mass is 265 g/mol. The van der Waals surface area contributed by atoms with Gasteiger partial charge in [-0.05, 0) is 12.3 Å². The van der Waals surface area contributed by atoms with Crippen molar-refractivity contribution >= 4 is 10.0 Å². The minimum absolute atomic E-state index is 0.0712. The van der Waals surface area contributed by atoms with Gasteiger partial charge in [-0.25, -0.2) is 8.42 Å². The highest BCUT2D eigenvalue weighted by Crippen LogP contribution is 2.20. The predicted molar refractivity (Wildman–Crippen MR) is 61.1 cm³/mol. The van der Waals surface area contributed by atoms with Crippen molar-refractivity contribution in [3.8, 4) is 0 Å². The third-order valence-corrected chi connectivity index (χ3v) is 5.44. The van der Waals surface area contributed by atoms with Gasteiger partial charge in [0.25, 0.3) is 0 Å². The van der Waals surface area contributed by atoms with E-state index < -0.39 is 22.2 Å². The van der Waals surface area contributed by atoms with Gasteiger partial charge in [0, 0.05) is 13.7 Å². The molecule has 3 atom stereocenters. The SMILES string of the molecule is CN([C@@H]1COC[C@H]1O)S(=O)(=O)CC1CCOC1. The van der Waals surface area contributed by atoms with Gasteiger partial charge in [-0.3, -0.25) is 0 Å². The molecule has 2 aliphatic rings. The standard InChI is InChI=1S/C10H19NO5S/c1-11(9-5-16-6-10(9)12)17(13,14)7-8-2-3-15-4-8/h8-10,12H,2-7H2,1H3/t8?,9-,10-/m1/s1. The van der Waals surface area contributed by atoms with E-state index >= 15 is 0 Å². The molecule has 0 aromatic carbocycles. The molecule has 0 saturated carbocycles. The zero-order valence-electron chi connectivity index (χ0n) is 9.91. The Morgan fingerprint density at radius 3 is 2.59 bits per heavy atom. The van der Waals surface area contributed by atoms with Gasteiger partial charge < -0.3 is 14.6 Å². The van der Waals surface area contributed by atoms with E-state index in [2.05, 4.69) is 0 Å². The Bertz CT molecular complexity index is 352. The number of ether oxygens (including phenoxy) is 2. The predicted octanol–water partition coefficient (Wildman–Crippen LogP) is -0.956. The number of sulfonamides is 1. The lowest BCUT2D eigenvalue weighted by atomic mass is 10.2. The first-order chi connectivity index (χ1) is 8.00. The van der Waals surface area contributed by atoms with Crippen molar-refractivity contribution in [2.45, 2.75) is 18.6 Å². The van der Waals surface area contributed by atoms with Crippen molar-refractivity contribution in [2.75, 3.05) is 39.2 Å². The second kappa shape index (κ2) is 5.19. The van der Waals surface area contributed by atoms with E-state index in [9.17, 15) is 13.5 Å². The highest BCUT2D eigenvalue weighted by molar-refractivity contribution is 7.89. The molecule has 1 N–H and O–H groups in total. The molecule has 0 amide bonds. The molecule has 100 valence electrons. The third-order valence-electron chi connectivity index (χ3n) is 3.40. The van der Waals surface area contributed by atoms with Crippen LogP contribution < -0.4 is 0 Å². The van der Waals surface area contributed by atoms with Gasteiger partial charge in [0.15, 0.2) is 0 Å². The van der Waals surface area contributed by atoms with Gasteiger partial charge >= 0.3 is 0 Å². The Hall–Kier alpha value is -0.210. The first-order valence-corrected chi connectivity index (χ1v) is 7.41. The van der Waals surface area contributed by atoms with Gasteiger partial charge in [-0.2, -0.15) is 4.31 Å². The van der Waals surface area contributed by atoms with Crippen molar-refractivity contribution in [1.29, 1.82) is 0 Å². The van der Waals surface area contributed by atoms with E-state index in [1.165, 1.54) is 11.4 Å². The van der Waals surface area contributed by atoms with Gasteiger partial charge in [0.2, 0.25) is 10.0 Å². The maximum atomic E-state index is 12.1. The Kier molecular flexibility index (Phi) is 4.04. The quantitative estimate of drug-likeness (QED) is 0.709. The van der Waals surface area contributed by atoms with E-state index in [0.717, 1.165) is 6.42 Å². The minimum atomic E-state index is -3.35. The lowest BCUT2D eigenvalue weighted by Gasteiger charge is -2.26. The number of nitrogens with zero attached hydrogens (tertiary/aromatic N) is 1. The van der Waals surface area contributed by atoms with Gasteiger partial charge in [-0.1, -0.05) is 0 Å². The summed E-state index contributed by atoms with van der Waals surface area (Å²) < 4.78 is 35.7. The number of hydrogen-bond donors (Lipinski definition) is 1. The summed E-state index contributed by atoms with van der Waals surface area (Å²) in [6.07, 6.45) is 0.0613. The average molecular weight is 265 g/mol. The fraction of sp³-hybridized carbons (Fsp3) is 1.00. The number of aliphatic hydroxyl groups is 1. The molecule has 1 unspecified atom stereocenters. The van der Waals surface area contributed by atoms with Crippen LogP contribution in [0, 0.1) is 5.92 Å². The molecular weight excluding hydrogens is 246 g/mol. The minimum Gasteiger partial charge on any atom is -0.389 e.